The Hall–Kier alpha value is -2.86. The van der Waals surface area contributed by atoms with Crippen LogP contribution in [0.4, 0.5) is 5.82 Å². The van der Waals surface area contributed by atoms with Gasteiger partial charge >= 0.3 is 5.97 Å². The third kappa shape index (κ3) is 5.44. The van der Waals surface area contributed by atoms with Crippen LogP contribution in [0.5, 0.6) is 0 Å². The minimum absolute atomic E-state index is 0.0253. The molecule has 36 heavy (non-hydrogen) atoms. The van der Waals surface area contributed by atoms with Gasteiger partial charge in [-0.15, -0.1) is 11.8 Å². The number of thioether (sulfide) groups is 3. The number of amides is 2. The van der Waals surface area contributed by atoms with Crippen LogP contribution in [0.25, 0.3) is 0 Å². The number of oxime groups is 1. The summed E-state index contributed by atoms with van der Waals surface area (Å²) in [5.41, 5.74) is 10.6. The van der Waals surface area contributed by atoms with Crippen LogP contribution >= 0.6 is 46.8 Å². The van der Waals surface area contributed by atoms with Gasteiger partial charge in [-0.3, -0.25) is 14.5 Å². The number of carboxylic acids is 1. The second kappa shape index (κ2) is 11.5. The summed E-state index contributed by atoms with van der Waals surface area (Å²) in [6.45, 7) is 0.573. The van der Waals surface area contributed by atoms with Crippen LogP contribution in [0.2, 0.25) is 0 Å². The topological polar surface area (TPSA) is 210 Å². The van der Waals surface area contributed by atoms with Crippen molar-refractivity contribution in [2.75, 3.05) is 23.8 Å². The van der Waals surface area contributed by atoms with Crippen LogP contribution in [-0.4, -0.2) is 82.5 Å². The highest BCUT2D eigenvalue weighted by Gasteiger charge is 2.54. The van der Waals surface area contributed by atoms with E-state index in [0.717, 1.165) is 40.4 Å². The molecule has 2 aromatic heterocycles. The zero-order valence-electron chi connectivity index (χ0n) is 18.4. The third-order valence-electron chi connectivity index (χ3n) is 4.93. The van der Waals surface area contributed by atoms with Gasteiger partial charge in [-0.25, -0.2) is 14.8 Å². The van der Waals surface area contributed by atoms with Crippen LogP contribution < -0.4 is 16.8 Å². The molecule has 2 aliphatic rings. The highest BCUT2D eigenvalue weighted by Crippen LogP contribution is 2.45. The number of fused-ring (bicyclic) bond motifs is 1. The van der Waals surface area contributed by atoms with E-state index in [2.05, 4.69) is 24.8 Å². The van der Waals surface area contributed by atoms with Crippen molar-refractivity contribution in [1.29, 1.82) is 0 Å². The lowest BCUT2D eigenvalue weighted by molar-refractivity contribution is -0.150. The summed E-state index contributed by atoms with van der Waals surface area (Å²) in [4.78, 5) is 47.7. The van der Waals surface area contributed by atoms with Gasteiger partial charge in [0.25, 0.3) is 11.8 Å². The fourth-order valence-corrected chi connectivity index (χ4v) is 7.56. The molecule has 2 aliphatic heterocycles. The standard InChI is InChI=1S/C19H20N8O5S4/c20-5-2-6-33-18-24-19(36-26-18)35-9-7-34-16-12(15(29)27(16)13(9)17(30)31)23-14(28)11(25-32)8-3-1-4-10(21)22-8/h1,3-4,12,16,32H,2,5-7,20H2,(H2,21,22)(H,23,28)(H,30,31)/b25-11-/t12-,16-/m1/s1. The molecule has 1 saturated heterocycles. The average Bonchev–Trinajstić information content (AvgIpc) is 3.30. The van der Waals surface area contributed by atoms with Crippen molar-refractivity contribution in [3.05, 3.63) is 34.5 Å². The Labute approximate surface area is 221 Å². The summed E-state index contributed by atoms with van der Waals surface area (Å²) in [6, 6.07) is 3.46. The summed E-state index contributed by atoms with van der Waals surface area (Å²) in [5, 5.41) is 24.7. The molecule has 7 N–H and O–H groups in total. The van der Waals surface area contributed by atoms with Gasteiger partial charge in [0.2, 0.25) is 5.16 Å². The molecule has 13 nitrogen and oxygen atoms in total. The smallest absolute Gasteiger partial charge is 0.353 e. The SMILES string of the molecule is NCCCSc1nsc(SC2=C(C(=O)O)N3C(=O)[C@@H](NC(=O)/C(=N\O)c4cccc(N)n4)[C@H]3SC2)n1. The number of hydrogen-bond acceptors (Lipinski definition) is 14. The molecule has 0 aliphatic carbocycles. The molecule has 1 fully saturated rings. The van der Waals surface area contributed by atoms with Gasteiger partial charge in [0.1, 0.15) is 28.6 Å². The lowest BCUT2D eigenvalue weighted by Gasteiger charge is -2.49. The van der Waals surface area contributed by atoms with E-state index < -0.39 is 34.9 Å². The molecule has 190 valence electrons. The Morgan fingerprint density at radius 3 is 2.83 bits per heavy atom. The van der Waals surface area contributed by atoms with Gasteiger partial charge in [-0.05, 0) is 36.6 Å². The zero-order valence-corrected chi connectivity index (χ0v) is 21.6. The number of nitrogens with zero attached hydrogens (tertiary/aromatic N) is 5. The van der Waals surface area contributed by atoms with E-state index in [1.165, 1.54) is 41.7 Å². The molecule has 4 heterocycles. The fraction of sp³-hybridized carbons (Fsp3) is 0.316. The molecule has 0 radical (unpaired) electrons. The van der Waals surface area contributed by atoms with E-state index in [9.17, 15) is 24.7 Å². The van der Waals surface area contributed by atoms with E-state index >= 15 is 0 Å². The van der Waals surface area contributed by atoms with Crippen molar-refractivity contribution < 1.29 is 24.7 Å². The molecule has 17 heteroatoms. The summed E-state index contributed by atoms with van der Waals surface area (Å²) < 4.78 is 4.83. The number of rotatable bonds is 10. The molecule has 0 saturated carbocycles. The van der Waals surface area contributed by atoms with Gasteiger partial charge in [0.05, 0.1) is 0 Å². The van der Waals surface area contributed by atoms with Crippen molar-refractivity contribution in [2.24, 2.45) is 10.9 Å². The minimum Gasteiger partial charge on any atom is -0.477 e. The van der Waals surface area contributed by atoms with Crippen LogP contribution in [0.3, 0.4) is 0 Å². The van der Waals surface area contributed by atoms with Crippen LogP contribution in [-0.2, 0) is 14.4 Å². The van der Waals surface area contributed by atoms with E-state index in [1.54, 1.807) is 0 Å². The Morgan fingerprint density at radius 1 is 1.33 bits per heavy atom. The van der Waals surface area contributed by atoms with Gasteiger partial charge in [-0.1, -0.05) is 34.7 Å². The Kier molecular flexibility index (Phi) is 8.35. The van der Waals surface area contributed by atoms with Crippen molar-refractivity contribution in [2.45, 2.75) is 27.3 Å². The van der Waals surface area contributed by atoms with Gasteiger partial charge in [0.15, 0.2) is 10.1 Å². The summed E-state index contributed by atoms with van der Waals surface area (Å²) in [6.07, 6.45) is 0.828. The van der Waals surface area contributed by atoms with Crippen LogP contribution in [0.1, 0.15) is 12.1 Å². The molecule has 2 amide bonds. The maximum atomic E-state index is 12.9. The average molecular weight is 569 g/mol. The fourth-order valence-electron chi connectivity index (χ4n) is 3.32. The molecule has 0 spiro atoms. The number of carbonyl (C=O) groups is 3. The van der Waals surface area contributed by atoms with E-state index in [4.69, 9.17) is 11.5 Å². The van der Waals surface area contributed by atoms with Crippen molar-refractivity contribution in [3.63, 3.8) is 0 Å². The second-order valence-electron chi connectivity index (χ2n) is 7.27. The number of nitrogens with two attached hydrogens (primary N) is 2. The number of carbonyl (C=O) groups excluding carboxylic acids is 2. The number of nitrogens with one attached hydrogen (secondary N) is 1. The van der Waals surface area contributed by atoms with Gasteiger partial charge in [0, 0.05) is 16.4 Å². The molecule has 0 bridgehead atoms. The number of nitrogen functional groups attached to an aromatic ring is 1. The van der Waals surface area contributed by atoms with E-state index in [1.807, 2.05) is 0 Å². The predicted octanol–water partition coefficient (Wildman–Crippen LogP) is 0.623. The van der Waals surface area contributed by atoms with E-state index in [0.29, 0.717) is 26.7 Å². The number of hydrogen-bond donors (Lipinski definition) is 5. The number of aliphatic carboxylic acids is 1. The summed E-state index contributed by atoms with van der Waals surface area (Å²) in [5.74, 6) is -1.50. The molecular weight excluding hydrogens is 549 g/mol. The number of aromatic nitrogens is 3. The highest BCUT2D eigenvalue weighted by atomic mass is 32.2. The predicted molar refractivity (Wildman–Crippen MR) is 137 cm³/mol. The minimum atomic E-state index is -1.26. The first-order chi connectivity index (χ1) is 17.3. The lowest BCUT2D eigenvalue weighted by atomic mass is 10.0. The third-order valence-corrected chi connectivity index (χ3v) is 9.28. The maximum absolute atomic E-state index is 12.9. The van der Waals surface area contributed by atoms with Crippen molar-refractivity contribution in [1.82, 2.24) is 24.6 Å². The highest BCUT2D eigenvalue weighted by molar-refractivity contribution is 8.07. The molecule has 4 rings (SSSR count). The maximum Gasteiger partial charge on any atom is 0.353 e. The van der Waals surface area contributed by atoms with Crippen LogP contribution in [0.15, 0.2) is 43.5 Å². The normalized spacial score (nSPS) is 19.6. The first kappa shape index (κ1) is 26.2. The number of β-lactam (4-membered cyclic amide) rings is 1. The Balaban J connectivity index is 1.47. The van der Waals surface area contributed by atoms with E-state index in [-0.39, 0.29) is 17.2 Å². The zero-order chi connectivity index (χ0) is 25.8. The number of anilines is 1. The Morgan fingerprint density at radius 2 is 2.14 bits per heavy atom. The molecule has 2 aromatic rings. The number of pyridine rings is 1. The first-order valence-electron chi connectivity index (χ1n) is 10.4. The molecule has 2 atom stereocenters. The number of carboxylic acid groups (broad SMARTS) is 1. The van der Waals surface area contributed by atoms with Crippen LogP contribution in [0, 0.1) is 0 Å². The monoisotopic (exact) mass is 568 g/mol. The molecule has 0 unspecified atom stereocenters. The second-order valence-corrected chi connectivity index (χ2v) is 11.5. The molecular formula is C19H20N8O5S4. The summed E-state index contributed by atoms with van der Waals surface area (Å²) in [7, 11) is 0. The lowest BCUT2D eigenvalue weighted by Crippen LogP contribution is -2.71. The van der Waals surface area contributed by atoms with Crippen molar-refractivity contribution in [3.8, 4) is 0 Å². The largest absolute Gasteiger partial charge is 0.477 e. The molecule has 0 aromatic carbocycles. The van der Waals surface area contributed by atoms with Gasteiger partial charge in [-0.2, -0.15) is 4.37 Å². The quantitative estimate of drug-likeness (QED) is 0.0665. The Bertz CT molecular complexity index is 1250. The van der Waals surface area contributed by atoms with Gasteiger partial charge < -0.3 is 27.1 Å². The summed E-state index contributed by atoms with van der Waals surface area (Å²) >= 11 is 5.08. The van der Waals surface area contributed by atoms with Crippen molar-refractivity contribution >= 4 is 76.1 Å². The first-order valence-corrected chi connectivity index (χ1v) is 14.0.